The molecule has 0 unspecified atom stereocenters. The molecule has 0 saturated carbocycles. The minimum Gasteiger partial charge on any atom is -0.366 e. The third-order valence-electron chi connectivity index (χ3n) is 3.44. The van der Waals surface area contributed by atoms with E-state index in [9.17, 15) is 8.78 Å². The number of para-hydroxylation sites is 1. The fraction of sp³-hybridized carbons (Fsp3) is 0.111. The number of nitrogens with one attached hydrogen (secondary N) is 2. The van der Waals surface area contributed by atoms with Crippen LogP contribution in [0.4, 0.5) is 26.2 Å². The topological polar surface area (TPSA) is 49.8 Å². The molecule has 1 heterocycles. The smallest absolute Gasteiger partial charge is 0.229 e. The van der Waals surface area contributed by atoms with Gasteiger partial charge in [0.1, 0.15) is 23.1 Å². The van der Waals surface area contributed by atoms with E-state index in [4.69, 9.17) is 11.6 Å². The highest BCUT2D eigenvalue weighted by atomic mass is 35.5. The molecule has 25 heavy (non-hydrogen) atoms. The van der Waals surface area contributed by atoms with Crippen LogP contribution in [-0.4, -0.2) is 9.97 Å². The van der Waals surface area contributed by atoms with E-state index in [1.165, 1.54) is 18.2 Å². The highest BCUT2D eigenvalue weighted by Gasteiger charge is 2.11. The van der Waals surface area contributed by atoms with Crippen LogP contribution in [-0.2, 0) is 6.54 Å². The van der Waals surface area contributed by atoms with Crippen LogP contribution in [0.25, 0.3) is 0 Å². The average molecular weight is 361 g/mol. The van der Waals surface area contributed by atoms with Crippen LogP contribution < -0.4 is 10.6 Å². The maximum Gasteiger partial charge on any atom is 0.229 e. The van der Waals surface area contributed by atoms with Gasteiger partial charge in [-0.1, -0.05) is 29.8 Å². The van der Waals surface area contributed by atoms with Crippen LogP contribution in [0.5, 0.6) is 0 Å². The van der Waals surface area contributed by atoms with Gasteiger partial charge in [-0.25, -0.2) is 13.8 Å². The second-order valence-electron chi connectivity index (χ2n) is 5.42. The molecule has 0 atom stereocenters. The number of aryl methyl sites for hydroxylation is 1. The van der Waals surface area contributed by atoms with Crippen LogP contribution in [0.15, 0.2) is 48.5 Å². The molecule has 0 aliphatic rings. The first-order chi connectivity index (χ1) is 12.0. The zero-order valence-electron chi connectivity index (χ0n) is 13.4. The third kappa shape index (κ3) is 4.42. The molecule has 1 aromatic heterocycles. The van der Waals surface area contributed by atoms with Gasteiger partial charge in [0.15, 0.2) is 0 Å². The highest BCUT2D eigenvalue weighted by molar-refractivity contribution is 6.30. The van der Waals surface area contributed by atoms with Crippen molar-refractivity contribution in [1.29, 1.82) is 0 Å². The lowest BCUT2D eigenvalue weighted by atomic mass is 10.2. The summed E-state index contributed by atoms with van der Waals surface area (Å²) >= 11 is 5.86. The van der Waals surface area contributed by atoms with Crippen LogP contribution in [0.2, 0.25) is 5.02 Å². The lowest BCUT2D eigenvalue weighted by Gasteiger charge is -2.11. The van der Waals surface area contributed by atoms with Gasteiger partial charge in [-0.15, -0.1) is 0 Å². The van der Waals surface area contributed by atoms with Crippen molar-refractivity contribution >= 4 is 29.1 Å². The zero-order valence-corrected chi connectivity index (χ0v) is 14.1. The van der Waals surface area contributed by atoms with Gasteiger partial charge in [0.05, 0.1) is 0 Å². The molecule has 0 fully saturated rings. The number of nitrogens with zero attached hydrogens (tertiary/aromatic N) is 2. The summed E-state index contributed by atoms with van der Waals surface area (Å²) in [6, 6.07) is 12.8. The lowest BCUT2D eigenvalue weighted by molar-refractivity contribution is 0.590. The number of benzene rings is 2. The van der Waals surface area contributed by atoms with Gasteiger partial charge in [0.2, 0.25) is 5.95 Å². The van der Waals surface area contributed by atoms with Crippen molar-refractivity contribution in [1.82, 2.24) is 9.97 Å². The maximum atomic E-state index is 13.8. The Hall–Kier alpha value is -2.73. The summed E-state index contributed by atoms with van der Waals surface area (Å²) in [5.74, 6) is -0.758. The number of halogens is 3. The molecule has 0 saturated heterocycles. The third-order valence-corrected chi connectivity index (χ3v) is 3.69. The van der Waals surface area contributed by atoms with E-state index in [-0.39, 0.29) is 11.6 Å². The molecule has 7 heteroatoms. The Morgan fingerprint density at radius 3 is 2.36 bits per heavy atom. The van der Waals surface area contributed by atoms with E-state index in [1.54, 1.807) is 25.1 Å². The van der Waals surface area contributed by atoms with E-state index in [0.29, 0.717) is 23.1 Å². The Kier molecular flexibility index (Phi) is 5.09. The van der Waals surface area contributed by atoms with E-state index in [1.807, 2.05) is 12.1 Å². The van der Waals surface area contributed by atoms with Crippen LogP contribution in [0.1, 0.15) is 11.3 Å². The minimum absolute atomic E-state index is 0.114. The number of anilines is 3. The number of aromatic nitrogens is 2. The Bertz CT molecular complexity index is 864. The van der Waals surface area contributed by atoms with Gasteiger partial charge < -0.3 is 10.6 Å². The summed E-state index contributed by atoms with van der Waals surface area (Å²) in [6.07, 6.45) is 0. The quantitative estimate of drug-likeness (QED) is 0.666. The van der Waals surface area contributed by atoms with E-state index < -0.39 is 11.6 Å². The lowest BCUT2D eigenvalue weighted by Crippen LogP contribution is -2.07. The summed E-state index contributed by atoms with van der Waals surface area (Å²) in [5, 5.41) is 6.42. The second kappa shape index (κ2) is 7.44. The van der Waals surface area contributed by atoms with Crippen molar-refractivity contribution in [3.8, 4) is 0 Å². The summed E-state index contributed by atoms with van der Waals surface area (Å²) in [6.45, 7) is 2.30. The molecule has 0 bridgehead atoms. The van der Waals surface area contributed by atoms with Crippen molar-refractivity contribution in [2.24, 2.45) is 0 Å². The number of rotatable bonds is 5. The first-order valence-corrected chi connectivity index (χ1v) is 7.94. The first-order valence-electron chi connectivity index (χ1n) is 7.56. The van der Waals surface area contributed by atoms with Crippen molar-refractivity contribution in [3.63, 3.8) is 0 Å². The van der Waals surface area contributed by atoms with Gasteiger partial charge in [-0.2, -0.15) is 4.98 Å². The Labute approximate surface area is 148 Å². The van der Waals surface area contributed by atoms with Crippen molar-refractivity contribution in [3.05, 3.63) is 76.4 Å². The Morgan fingerprint density at radius 1 is 1.00 bits per heavy atom. The molecule has 0 amide bonds. The zero-order chi connectivity index (χ0) is 17.8. The maximum absolute atomic E-state index is 13.8. The highest BCUT2D eigenvalue weighted by Crippen LogP contribution is 2.22. The van der Waals surface area contributed by atoms with Crippen molar-refractivity contribution < 1.29 is 8.78 Å². The molecule has 128 valence electrons. The van der Waals surface area contributed by atoms with Gasteiger partial charge in [0.25, 0.3) is 0 Å². The molecule has 0 aliphatic heterocycles. The molecule has 4 nitrogen and oxygen atoms in total. The molecule has 0 aliphatic carbocycles. The van der Waals surface area contributed by atoms with Crippen molar-refractivity contribution in [2.75, 3.05) is 10.6 Å². The molecule has 3 aromatic rings. The normalized spacial score (nSPS) is 10.6. The molecule has 2 N–H and O–H groups in total. The first kappa shape index (κ1) is 17.1. The molecular formula is C18H15ClF2N4. The molecule has 0 spiro atoms. The number of hydrogen-bond acceptors (Lipinski definition) is 4. The average Bonchev–Trinajstić information content (AvgIpc) is 2.57. The van der Waals surface area contributed by atoms with Gasteiger partial charge in [-0.3, -0.25) is 0 Å². The number of hydrogen-bond donors (Lipinski definition) is 2. The molecule has 3 rings (SSSR count). The Morgan fingerprint density at radius 2 is 1.68 bits per heavy atom. The summed E-state index contributed by atoms with van der Waals surface area (Å²) in [4.78, 5) is 8.42. The van der Waals surface area contributed by atoms with Gasteiger partial charge in [0, 0.05) is 23.3 Å². The largest absolute Gasteiger partial charge is 0.366 e. The van der Waals surface area contributed by atoms with Crippen LogP contribution in [0, 0.1) is 18.6 Å². The standard InChI is InChI=1S/C18H15ClF2N4/c1-11-9-16(22-10-12-5-7-13(19)8-6-12)24-18(23-11)25-17-14(20)3-2-4-15(17)21/h2-9H,10H2,1H3,(H2,22,23,24,25). The summed E-state index contributed by atoms with van der Waals surface area (Å²) in [5.41, 5.74) is 1.40. The molecule has 2 aromatic carbocycles. The molecular weight excluding hydrogens is 346 g/mol. The fourth-order valence-electron chi connectivity index (χ4n) is 2.24. The van der Waals surface area contributed by atoms with Gasteiger partial charge >= 0.3 is 0 Å². The van der Waals surface area contributed by atoms with Crippen molar-refractivity contribution in [2.45, 2.75) is 13.5 Å². The predicted octanol–water partition coefficient (Wildman–Crippen LogP) is 5.07. The monoisotopic (exact) mass is 360 g/mol. The molecule has 0 radical (unpaired) electrons. The van der Waals surface area contributed by atoms with E-state index >= 15 is 0 Å². The predicted molar refractivity (Wildman–Crippen MR) is 95.2 cm³/mol. The SMILES string of the molecule is Cc1cc(NCc2ccc(Cl)cc2)nc(Nc2c(F)cccc2F)n1. The van der Waals surface area contributed by atoms with Crippen LogP contribution >= 0.6 is 11.6 Å². The van der Waals surface area contributed by atoms with E-state index in [2.05, 4.69) is 20.6 Å². The minimum atomic E-state index is -0.708. The van der Waals surface area contributed by atoms with Gasteiger partial charge in [-0.05, 0) is 36.8 Å². The Balaban J connectivity index is 1.77. The second-order valence-corrected chi connectivity index (χ2v) is 5.86. The fourth-order valence-corrected chi connectivity index (χ4v) is 2.36. The summed E-state index contributed by atoms with van der Waals surface area (Å²) in [7, 11) is 0. The summed E-state index contributed by atoms with van der Waals surface area (Å²) < 4.78 is 27.5. The van der Waals surface area contributed by atoms with Crippen LogP contribution in [0.3, 0.4) is 0 Å². The van der Waals surface area contributed by atoms with E-state index in [0.717, 1.165) is 5.56 Å².